The molecule has 2 aromatic heterocycles. The Morgan fingerprint density at radius 3 is 2.50 bits per heavy atom. The highest BCUT2D eigenvalue weighted by Crippen LogP contribution is 2.30. The van der Waals surface area contributed by atoms with E-state index in [9.17, 15) is 9.18 Å². The fourth-order valence-electron chi connectivity index (χ4n) is 2.48. The maximum absolute atomic E-state index is 13.2. The molecule has 26 heavy (non-hydrogen) atoms. The van der Waals surface area contributed by atoms with Crippen molar-refractivity contribution in [2.45, 2.75) is 0 Å². The van der Waals surface area contributed by atoms with E-state index in [1.165, 1.54) is 29.5 Å². The van der Waals surface area contributed by atoms with Crippen LogP contribution in [0.2, 0.25) is 0 Å². The minimum atomic E-state index is -0.446. The highest BCUT2D eigenvalue weighted by molar-refractivity contribution is 7.21. The molecule has 7 heteroatoms. The molecule has 0 radical (unpaired) electrons. The molecule has 0 atom stereocenters. The summed E-state index contributed by atoms with van der Waals surface area (Å²) >= 11 is 1.49. The van der Waals surface area contributed by atoms with Gasteiger partial charge in [0.2, 0.25) is 0 Å². The number of carbonyl (C=O) groups is 1. The van der Waals surface area contributed by atoms with Gasteiger partial charge >= 0.3 is 6.03 Å². The summed E-state index contributed by atoms with van der Waals surface area (Å²) in [5, 5.41) is 6.17. The molecule has 0 fully saturated rings. The summed E-state index contributed by atoms with van der Waals surface area (Å²) in [4.78, 5) is 21.8. The molecule has 0 aliphatic rings. The van der Waals surface area contributed by atoms with Crippen LogP contribution >= 0.6 is 11.3 Å². The zero-order valence-electron chi connectivity index (χ0n) is 13.4. The predicted octanol–water partition coefficient (Wildman–Crippen LogP) is 5.14. The molecule has 0 saturated heterocycles. The number of halogens is 1. The molecule has 5 nitrogen and oxygen atoms in total. The van der Waals surface area contributed by atoms with Crippen LogP contribution in [0.15, 0.2) is 66.9 Å². The van der Waals surface area contributed by atoms with E-state index in [2.05, 4.69) is 20.6 Å². The molecule has 0 saturated carbocycles. The number of anilines is 2. The summed E-state index contributed by atoms with van der Waals surface area (Å²) in [5.41, 5.74) is 2.73. The second kappa shape index (κ2) is 6.89. The number of fused-ring (bicyclic) bond motifs is 1. The Labute approximate surface area is 152 Å². The molecule has 0 aliphatic heterocycles. The van der Waals surface area contributed by atoms with Crippen LogP contribution < -0.4 is 10.6 Å². The number of amides is 2. The van der Waals surface area contributed by atoms with Gasteiger partial charge in [0.15, 0.2) is 0 Å². The summed E-state index contributed by atoms with van der Waals surface area (Å²) in [6, 6.07) is 16.4. The van der Waals surface area contributed by atoms with Gasteiger partial charge in [-0.05, 0) is 42.5 Å². The van der Waals surface area contributed by atoms with Crippen molar-refractivity contribution in [1.82, 2.24) is 9.97 Å². The molecule has 2 amide bonds. The summed E-state index contributed by atoms with van der Waals surface area (Å²) in [7, 11) is 0. The summed E-state index contributed by atoms with van der Waals surface area (Å²) in [5.74, 6) is -0.408. The molecule has 4 rings (SSSR count). The van der Waals surface area contributed by atoms with E-state index in [1.807, 2.05) is 30.3 Å². The molecule has 128 valence electrons. The van der Waals surface area contributed by atoms with Crippen LogP contribution in [0.5, 0.6) is 0 Å². The number of pyridine rings is 1. The average Bonchev–Trinajstić information content (AvgIpc) is 3.06. The second-order valence-electron chi connectivity index (χ2n) is 5.52. The van der Waals surface area contributed by atoms with Gasteiger partial charge in [0.1, 0.15) is 21.2 Å². The van der Waals surface area contributed by atoms with Crippen molar-refractivity contribution >= 4 is 39.1 Å². The largest absolute Gasteiger partial charge is 0.323 e. The van der Waals surface area contributed by atoms with Crippen LogP contribution in [0, 0.1) is 5.82 Å². The van der Waals surface area contributed by atoms with Gasteiger partial charge in [-0.25, -0.2) is 19.2 Å². The topological polar surface area (TPSA) is 66.9 Å². The Morgan fingerprint density at radius 2 is 1.73 bits per heavy atom. The van der Waals surface area contributed by atoms with E-state index in [0.717, 1.165) is 20.9 Å². The van der Waals surface area contributed by atoms with Crippen molar-refractivity contribution in [3.63, 3.8) is 0 Å². The third kappa shape index (κ3) is 3.52. The van der Waals surface area contributed by atoms with Gasteiger partial charge in [0.05, 0.1) is 0 Å². The average molecular weight is 364 g/mol. The first-order valence-corrected chi connectivity index (χ1v) is 8.64. The lowest BCUT2D eigenvalue weighted by Gasteiger charge is -2.08. The van der Waals surface area contributed by atoms with E-state index >= 15 is 0 Å². The normalized spacial score (nSPS) is 10.7. The Bertz CT molecular complexity index is 1060. The number of nitrogens with one attached hydrogen (secondary N) is 2. The van der Waals surface area contributed by atoms with Gasteiger partial charge in [0, 0.05) is 23.1 Å². The van der Waals surface area contributed by atoms with Crippen LogP contribution in [-0.2, 0) is 0 Å². The van der Waals surface area contributed by atoms with Gasteiger partial charge in [0.25, 0.3) is 0 Å². The number of benzene rings is 2. The molecular weight excluding hydrogens is 351 g/mol. The fraction of sp³-hybridized carbons (Fsp3) is 0. The van der Waals surface area contributed by atoms with E-state index in [4.69, 9.17) is 0 Å². The van der Waals surface area contributed by atoms with Gasteiger partial charge in [-0.2, -0.15) is 0 Å². The van der Waals surface area contributed by atoms with Crippen molar-refractivity contribution in [3.8, 4) is 10.6 Å². The third-order valence-electron chi connectivity index (χ3n) is 3.62. The number of rotatable bonds is 3. The van der Waals surface area contributed by atoms with Crippen molar-refractivity contribution in [3.05, 3.63) is 72.7 Å². The summed E-state index contributed by atoms with van der Waals surface area (Å²) in [6.45, 7) is 0. The predicted molar refractivity (Wildman–Crippen MR) is 102 cm³/mol. The van der Waals surface area contributed by atoms with Gasteiger partial charge in [-0.1, -0.05) is 29.5 Å². The Balaban J connectivity index is 1.53. The number of nitrogens with zero attached hydrogens (tertiary/aromatic N) is 2. The highest BCUT2D eigenvalue weighted by Gasteiger charge is 2.09. The Morgan fingerprint density at radius 1 is 0.962 bits per heavy atom. The quantitative estimate of drug-likeness (QED) is 0.529. The minimum Gasteiger partial charge on any atom is -0.308 e. The Kier molecular flexibility index (Phi) is 4.28. The molecule has 0 bridgehead atoms. The summed E-state index contributed by atoms with van der Waals surface area (Å²) < 4.78 is 13.2. The zero-order valence-corrected chi connectivity index (χ0v) is 14.3. The van der Waals surface area contributed by atoms with Crippen LogP contribution in [0.25, 0.3) is 20.9 Å². The van der Waals surface area contributed by atoms with E-state index in [0.29, 0.717) is 11.4 Å². The fourth-order valence-corrected chi connectivity index (χ4v) is 3.39. The van der Waals surface area contributed by atoms with Crippen LogP contribution in [0.1, 0.15) is 0 Å². The molecular formula is C19H13FN4OS. The first-order valence-electron chi connectivity index (χ1n) is 7.83. The molecule has 0 spiro atoms. The van der Waals surface area contributed by atoms with E-state index in [1.54, 1.807) is 18.3 Å². The smallest absolute Gasteiger partial charge is 0.308 e. The maximum Gasteiger partial charge on any atom is 0.323 e. The zero-order chi connectivity index (χ0) is 17.9. The van der Waals surface area contributed by atoms with Gasteiger partial charge < -0.3 is 10.6 Å². The number of thiazole rings is 1. The number of carbonyl (C=O) groups excluding carboxylic acids is 1. The maximum atomic E-state index is 13.2. The van der Waals surface area contributed by atoms with Crippen molar-refractivity contribution in [2.24, 2.45) is 0 Å². The lowest BCUT2D eigenvalue weighted by molar-refractivity contribution is 0.262. The van der Waals surface area contributed by atoms with E-state index in [-0.39, 0.29) is 0 Å². The van der Waals surface area contributed by atoms with Crippen LogP contribution in [-0.4, -0.2) is 16.0 Å². The van der Waals surface area contributed by atoms with Gasteiger partial charge in [-0.3, -0.25) is 0 Å². The SMILES string of the molecule is O=C(Nc1cccc(F)c1)Nc1cccc(-c2nc3cccnc3s2)c1. The summed E-state index contributed by atoms with van der Waals surface area (Å²) in [6.07, 6.45) is 1.74. The number of urea groups is 1. The molecule has 2 N–H and O–H groups in total. The van der Waals surface area contributed by atoms with Crippen LogP contribution in [0.4, 0.5) is 20.6 Å². The lowest BCUT2D eigenvalue weighted by Crippen LogP contribution is -2.19. The second-order valence-corrected chi connectivity index (χ2v) is 6.49. The highest BCUT2D eigenvalue weighted by atomic mass is 32.1. The first-order chi connectivity index (χ1) is 12.7. The lowest BCUT2D eigenvalue weighted by atomic mass is 10.2. The van der Waals surface area contributed by atoms with E-state index < -0.39 is 11.8 Å². The molecule has 2 aromatic carbocycles. The monoisotopic (exact) mass is 364 g/mol. The van der Waals surface area contributed by atoms with Crippen LogP contribution in [0.3, 0.4) is 0 Å². The van der Waals surface area contributed by atoms with Crippen molar-refractivity contribution in [2.75, 3.05) is 10.6 Å². The Hall–Kier alpha value is -3.32. The van der Waals surface area contributed by atoms with Crippen molar-refractivity contribution in [1.29, 1.82) is 0 Å². The first kappa shape index (κ1) is 16.2. The number of aromatic nitrogens is 2. The number of hydrogen-bond donors (Lipinski definition) is 2. The third-order valence-corrected chi connectivity index (χ3v) is 4.64. The molecule has 0 unspecified atom stereocenters. The minimum absolute atomic E-state index is 0.385. The van der Waals surface area contributed by atoms with Gasteiger partial charge in [-0.15, -0.1) is 0 Å². The molecule has 2 heterocycles. The number of hydrogen-bond acceptors (Lipinski definition) is 4. The standard InChI is InChI=1S/C19H13FN4OS/c20-13-5-2-7-15(11-13)23-19(25)22-14-6-1-4-12(10-14)17-24-16-8-3-9-21-18(16)26-17/h1-11H,(H2,22,23,25). The van der Waals surface area contributed by atoms with Crippen molar-refractivity contribution < 1.29 is 9.18 Å². The molecule has 0 aliphatic carbocycles. The molecule has 4 aromatic rings.